The minimum absolute atomic E-state index is 0.0190. The molecule has 3 aromatic rings. The van der Waals surface area contributed by atoms with Crippen LogP contribution >= 0.6 is 0 Å². The van der Waals surface area contributed by atoms with Crippen LogP contribution in [0, 0.1) is 0 Å². The number of aromatic nitrogens is 1. The highest BCUT2D eigenvalue weighted by molar-refractivity contribution is 6.07. The number of anilines is 1. The van der Waals surface area contributed by atoms with Crippen LogP contribution in [0.2, 0.25) is 0 Å². The van der Waals surface area contributed by atoms with E-state index in [0.717, 1.165) is 21.9 Å². The number of phenols is 1. The number of carbonyl (C=O) groups excluding carboxylic acids is 2. The van der Waals surface area contributed by atoms with E-state index in [4.69, 9.17) is 5.11 Å². The van der Waals surface area contributed by atoms with Crippen LogP contribution in [0.15, 0.2) is 47.4 Å². The van der Waals surface area contributed by atoms with Gasteiger partial charge in [0.15, 0.2) is 0 Å². The Morgan fingerprint density at radius 2 is 1.53 bits per heavy atom. The molecule has 3 rings (SSSR count). The average Bonchev–Trinajstić information content (AvgIpc) is 2.76. The van der Waals surface area contributed by atoms with Crippen LogP contribution in [0.25, 0.3) is 10.9 Å². The Kier molecular flexibility index (Phi) is 7.11. The maximum absolute atomic E-state index is 13.4. The van der Waals surface area contributed by atoms with E-state index in [1.165, 1.54) is 12.1 Å². The lowest BCUT2D eigenvalue weighted by Gasteiger charge is -2.28. The number of rotatable bonds is 5. The van der Waals surface area contributed by atoms with Crippen molar-refractivity contribution in [2.45, 2.75) is 65.2 Å². The van der Waals surface area contributed by atoms with Crippen LogP contribution < -0.4 is 10.7 Å². The summed E-state index contributed by atoms with van der Waals surface area (Å²) in [6, 6.07) is 9.70. The summed E-state index contributed by atoms with van der Waals surface area (Å²) in [5.74, 6) is -2.39. The highest BCUT2D eigenvalue weighted by atomic mass is 16.4. The standard InChI is InChI=1S/C28H32N2O6/c1-27(2,3)18-13-19(28(4,5)6)22(31)14-20(18)29-26(36)17-15-30(23(32)11-12-24(33)34)21-10-8-7-9-16(21)25(17)35/h7-10,13-15,31H,11-12H2,1-6H3,(H,29,36)(H,33,34). The molecule has 0 radical (unpaired) electrons. The van der Waals surface area contributed by atoms with Crippen LogP contribution in [0.3, 0.4) is 0 Å². The van der Waals surface area contributed by atoms with Gasteiger partial charge in [0.25, 0.3) is 5.91 Å². The van der Waals surface area contributed by atoms with Crippen molar-refractivity contribution < 1.29 is 24.6 Å². The lowest BCUT2D eigenvalue weighted by molar-refractivity contribution is -0.137. The number of aliphatic carboxylic acids is 1. The van der Waals surface area contributed by atoms with Gasteiger partial charge < -0.3 is 15.5 Å². The number of nitrogens with zero attached hydrogens (tertiary/aromatic N) is 1. The molecule has 0 unspecified atom stereocenters. The monoisotopic (exact) mass is 492 g/mol. The number of fused-ring (bicyclic) bond motifs is 1. The van der Waals surface area contributed by atoms with Crippen molar-refractivity contribution in [2.75, 3.05) is 5.32 Å². The van der Waals surface area contributed by atoms with Gasteiger partial charge in [-0.3, -0.25) is 23.7 Å². The molecule has 1 amide bonds. The zero-order valence-corrected chi connectivity index (χ0v) is 21.4. The van der Waals surface area contributed by atoms with Gasteiger partial charge in [-0.2, -0.15) is 0 Å². The first-order valence-corrected chi connectivity index (χ1v) is 11.7. The molecule has 3 N–H and O–H groups in total. The van der Waals surface area contributed by atoms with Gasteiger partial charge in [-0.1, -0.05) is 53.7 Å². The number of para-hydroxylation sites is 1. The molecule has 8 nitrogen and oxygen atoms in total. The van der Waals surface area contributed by atoms with Crippen molar-refractivity contribution >= 4 is 34.4 Å². The summed E-state index contributed by atoms with van der Waals surface area (Å²) in [5.41, 5.74) is 0.586. The molecule has 2 aromatic carbocycles. The number of pyridine rings is 1. The summed E-state index contributed by atoms with van der Waals surface area (Å²) >= 11 is 0. The van der Waals surface area contributed by atoms with E-state index < -0.39 is 28.6 Å². The number of benzene rings is 2. The topological polar surface area (TPSA) is 126 Å². The number of carboxylic acid groups (broad SMARTS) is 1. The second-order valence-corrected chi connectivity index (χ2v) is 10.9. The number of phenolic OH excluding ortho intramolecular Hbond substituents is 1. The molecule has 0 aliphatic rings. The Balaban J connectivity index is 2.14. The van der Waals surface area contributed by atoms with Gasteiger partial charge in [0, 0.05) is 29.8 Å². The molecular weight excluding hydrogens is 460 g/mol. The highest BCUT2D eigenvalue weighted by Crippen LogP contribution is 2.39. The number of carbonyl (C=O) groups is 3. The highest BCUT2D eigenvalue weighted by Gasteiger charge is 2.27. The molecule has 0 aliphatic carbocycles. The first-order valence-electron chi connectivity index (χ1n) is 11.7. The summed E-state index contributed by atoms with van der Waals surface area (Å²) in [6.45, 7) is 11.9. The summed E-state index contributed by atoms with van der Waals surface area (Å²) < 4.78 is 1.15. The maximum Gasteiger partial charge on any atom is 0.303 e. The van der Waals surface area contributed by atoms with Crippen molar-refractivity contribution in [3.8, 4) is 5.75 Å². The first-order chi connectivity index (χ1) is 16.6. The molecule has 0 fully saturated rings. The second-order valence-electron chi connectivity index (χ2n) is 10.9. The fraction of sp³-hybridized carbons (Fsp3) is 0.357. The zero-order valence-electron chi connectivity index (χ0n) is 21.4. The van der Waals surface area contributed by atoms with Gasteiger partial charge in [-0.25, -0.2) is 0 Å². The number of hydrogen-bond acceptors (Lipinski definition) is 5. The summed E-state index contributed by atoms with van der Waals surface area (Å²) in [6.07, 6.45) is 0.485. The molecule has 0 saturated carbocycles. The molecule has 0 bridgehead atoms. The Morgan fingerprint density at radius 3 is 2.11 bits per heavy atom. The predicted octanol–water partition coefficient (Wildman–Crippen LogP) is 5.06. The molecule has 0 aliphatic heterocycles. The smallest absolute Gasteiger partial charge is 0.303 e. The van der Waals surface area contributed by atoms with Crippen molar-refractivity contribution in [2.24, 2.45) is 0 Å². The van der Waals surface area contributed by atoms with Gasteiger partial charge in [0.05, 0.1) is 11.9 Å². The molecule has 8 heteroatoms. The molecule has 0 atom stereocenters. The van der Waals surface area contributed by atoms with Crippen molar-refractivity contribution in [1.82, 2.24) is 4.57 Å². The summed E-state index contributed by atoms with van der Waals surface area (Å²) in [7, 11) is 0. The molecule has 0 spiro atoms. The Bertz CT molecular complexity index is 1420. The number of carboxylic acids is 1. The number of amides is 1. The average molecular weight is 493 g/mol. The lowest BCUT2D eigenvalue weighted by atomic mass is 9.79. The van der Waals surface area contributed by atoms with Gasteiger partial charge in [0.2, 0.25) is 11.3 Å². The van der Waals surface area contributed by atoms with E-state index in [0.29, 0.717) is 5.69 Å². The molecule has 1 aromatic heterocycles. The summed E-state index contributed by atoms with van der Waals surface area (Å²) in [4.78, 5) is 50.4. The molecule has 36 heavy (non-hydrogen) atoms. The number of hydrogen-bond donors (Lipinski definition) is 3. The Labute approximate surface area is 209 Å². The predicted molar refractivity (Wildman–Crippen MR) is 139 cm³/mol. The van der Waals surface area contributed by atoms with Gasteiger partial charge in [-0.05, 0) is 40.2 Å². The van der Waals surface area contributed by atoms with E-state index in [1.807, 2.05) is 47.6 Å². The molecule has 190 valence electrons. The molecular formula is C28H32N2O6. The third-order valence-corrected chi connectivity index (χ3v) is 5.98. The fourth-order valence-corrected chi connectivity index (χ4v) is 4.08. The van der Waals surface area contributed by atoms with Crippen molar-refractivity contribution in [3.63, 3.8) is 0 Å². The van der Waals surface area contributed by atoms with E-state index >= 15 is 0 Å². The number of nitrogens with one attached hydrogen (secondary N) is 1. The van der Waals surface area contributed by atoms with Crippen molar-refractivity contribution in [1.29, 1.82) is 0 Å². The largest absolute Gasteiger partial charge is 0.508 e. The zero-order chi connectivity index (χ0) is 27.0. The fourth-order valence-electron chi connectivity index (χ4n) is 4.08. The lowest BCUT2D eigenvalue weighted by Crippen LogP contribution is -2.27. The third-order valence-electron chi connectivity index (χ3n) is 5.98. The van der Waals surface area contributed by atoms with Crippen LogP contribution in [0.4, 0.5) is 5.69 Å². The minimum Gasteiger partial charge on any atom is -0.508 e. The van der Waals surface area contributed by atoms with Crippen molar-refractivity contribution in [3.05, 3.63) is 69.5 Å². The summed E-state index contributed by atoms with van der Waals surface area (Å²) in [5, 5.41) is 22.6. The van der Waals surface area contributed by atoms with E-state index in [2.05, 4.69) is 5.32 Å². The first kappa shape index (κ1) is 26.7. The normalized spacial score (nSPS) is 11.9. The minimum atomic E-state index is -1.13. The molecule has 0 saturated heterocycles. The van der Waals surface area contributed by atoms with Crippen LogP contribution in [0.1, 0.15) is 80.7 Å². The van der Waals surface area contributed by atoms with Crippen LogP contribution in [-0.2, 0) is 15.6 Å². The second kappa shape index (κ2) is 9.60. The van der Waals surface area contributed by atoms with E-state index in [9.17, 15) is 24.3 Å². The van der Waals surface area contributed by atoms with Crippen LogP contribution in [0.5, 0.6) is 5.75 Å². The van der Waals surface area contributed by atoms with E-state index in [-0.39, 0.29) is 40.5 Å². The quantitative estimate of drug-likeness (QED) is 0.457. The third kappa shape index (κ3) is 5.48. The Hall–Kier alpha value is -3.94. The van der Waals surface area contributed by atoms with E-state index in [1.54, 1.807) is 18.2 Å². The van der Waals surface area contributed by atoms with Crippen LogP contribution in [-0.4, -0.2) is 32.6 Å². The van der Waals surface area contributed by atoms with Gasteiger partial charge in [-0.15, -0.1) is 0 Å². The van der Waals surface area contributed by atoms with Gasteiger partial charge >= 0.3 is 5.97 Å². The molecule has 1 heterocycles. The number of aromatic hydroxyl groups is 1. The Morgan fingerprint density at radius 1 is 0.917 bits per heavy atom. The maximum atomic E-state index is 13.4. The SMILES string of the molecule is CC(C)(C)c1cc(C(C)(C)C)c(NC(=O)c2cn(C(=O)CCC(=O)O)c3ccccc3c2=O)cc1O. The van der Waals surface area contributed by atoms with Gasteiger partial charge in [0.1, 0.15) is 11.3 Å².